The molecule has 0 spiro atoms. The summed E-state index contributed by atoms with van der Waals surface area (Å²) in [5.41, 5.74) is 1.57. The minimum Gasteiger partial charge on any atom is -0.478 e. The molecular weight excluding hydrogens is 491 g/mol. The standard InChI is InChI=1S/C31H48O6.Na/c1-17(2)9-8-10-20(28(35)36)26-22-15-24(34)27-29(5)13-12-23(33)18(3)21(29)11-14-30(27,6)31(22,7)16-25(26)37-19(4)32;/h9,18,21-25,27,33-34H,8,10-16H2,1-7H3,(H,35,36);/q;+1/b26-20+;/t18-,21-,22-,23+,24+,25-,27-,29-,30-,31?;/m0./s1. The van der Waals surface area contributed by atoms with Crippen LogP contribution in [-0.2, 0) is 14.3 Å². The van der Waals surface area contributed by atoms with Gasteiger partial charge >= 0.3 is 41.5 Å². The zero-order chi connectivity index (χ0) is 27.5. The van der Waals surface area contributed by atoms with Gasteiger partial charge in [0.05, 0.1) is 12.2 Å². The maximum atomic E-state index is 12.6. The third kappa shape index (κ3) is 5.00. The van der Waals surface area contributed by atoms with E-state index < -0.39 is 24.1 Å². The Morgan fingerprint density at radius 3 is 2.26 bits per heavy atom. The molecule has 1 unspecified atom stereocenters. The molecule has 0 bridgehead atoms. The summed E-state index contributed by atoms with van der Waals surface area (Å²) < 4.78 is 5.87. The van der Waals surface area contributed by atoms with Crippen molar-refractivity contribution in [3.63, 3.8) is 0 Å². The molecule has 0 saturated heterocycles. The number of esters is 1. The molecule has 4 rings (SSSR count). The molecule has 208 valence electrons. The first kappa shape index (κ1) is 31.9. The summed E-state index contributed by atoms with van der Waals surface area (Å²) in [7, 11) is 0. The predicted molar refractivity (Wildman–Crippen MR) is 143 cm³/mol. The van der Waals surface area contributed by atoms with Crippen LogP contribution < -0.4 is 29.6 Å². The normalized spacial score (nSPS) is 45.0. The third-order valence-electron chi connectivity index (χ3n) is 11.6. The summed E-state index contributed by atoms with van der Waals surface area (Å²) in [6.45, 7) is 14.5. The van der Waals surface area contributed by atoms with Gasteiger partial charge in [0.25, 0.3) is 0 Å². The maximum absolute atomic E-state index is 12.6. The van der Waals surface area contributed by atoms with Gasteiger partial charge in [0.15, 0.2) is 0 Å². The number of carboxylic acids is 1. The number of rotatable bonds is 5. The molecular formula is C31H48NaO6+. The Morgan fingerprint density at radius 2 is 1.68 bits per heavy atom. The largest absolute Gasteiger partial charge is 1.00 e. The number of carboxylic acid groups (broad SMARTS) is 1. The van der Waals surface area contributed by atoms with Crippen LogP contribution in [0.5, 0.6) is 0 Å². The number of hydrogen-bond acceptors (Lipinski definition) is 5. The van der Waals surface area contributed by atoms with Gasteiger partial charge in [0.2, 0.25) is 0 Å². The average molecular weight is 540 g/mol. The summed E-state index contributed by atoms with van der Waals surface area (Å²) in [6.07, 6.45) is 6.22. The van der Waals surface area contributed by atoms with Crippen LogP contribution in [0.3, 0.4) is 0 Å². The van der Waals surface area contributed by atoms with Crippen molar-refractivity contribution in [1.82, 2.24) is 0 Å². The fraction of sp³-hybridized carbons (Fsp3) is 0.806. The molecule has 0 aromatic carbocycles. The number of carbonyl (C=O) groups is 2. The topological polar surface area (TPSA) is 104 Å². The van der Waals surface area contributed by atoms with E-state index >= 15 is 0 Å². The van der Waals surface area contributed by atoms with E-state index in [2.05, 4.69) is 27.7 Å². The Balaban J connectivity index is 0.00000400. The van der Waals surface area contributed by atoms with E-state index in [-0.39, 0.29) is 69.7 Å². The number of ether oxygens (including phenoxy) is 1. The smallest absolute Gasteiger partial charge is 0.478 e. The van der Waals surface area contributed by atoms with Crippen molar-refractivity contribution >= 4 is 11.9 Å². The fourth-order valence-corrected chi connectivity index (χ4v) is 9.79. The van der Waals surface area contributed by atoms with E-state index in [0.29, 0.717) is 37.2 Å². The second kappa shape index (κ2) is 11.3. The molecule has 3 N–H and O–H groups in total. The first-order valence-electron chi connectivity index (χ1n) is 14.3. The fourth-order valence-electron chi connectivity index (χ4n) is 9.79. The Labute approximate surface area is 251 Å². The summed E-state index contributed by atoms with van der Waals surface area (Å²) in [4.78, 5) is 24.8. The molecule has 0 heterocycles. The molecule has 0 aromatic rings. The SMILES string of the molecule is CC(=O)O[C@H]1CC2(C)[C@@H](C[C@@H](O)[C@H]3[C@@]4(C)CC[C@@H](O)[C@@H](C)[C@@H]4CC[C@@]32C)/C1=C(/CCC=C(C)C)C(=O)O.[Na+]. The molecule has 0 aliphatic heterocycles. The summed E-state index contributed by atoms with van der Waals surface area (Å²) >= 11 is 0. The van der Waals surface area contributed by atoms with Gasteiger partial charge in [-0.15, -0.1) is 0 Å². The second-order valence-corrected chi connectivity index (χ2v) is 13.6. The number of carbonyl (C=O) groups excluding carboxylic acids is 1. The molecule has 7 heteroatoms. The van der Waals surface area contributed by atoms with Crippen LogP contribution in [0.15, 0.2) is 22.8 Å². The molecule has 0 amide bonds. The van der Waals surface area contributed by atoms with Gasteiger partial charge in [-0.3, -0.25) is 4.79 Å². The molecule has 4 aliphatic rings. The number of aliphatic hydroxyl groups excluding tert-OH is 2. The van der Waals surface area contributed by atoms with Gasteiger partial charge in [0.1, 0.15) is 6.10 Å². The van der Waals surface area contributed by atoms with Crippen molar-refractivity contribution in [2.45, 2.75) is 118 Å². The quantitative estimate of drug-likeness (QED) is 0.215. The monoisotopic (exact) mass is 539 g/mol. The van der Waals surface area contributed by atoms with Gasteiger partial charge in [-0.1, -0.05) is 39.3 Å². The number of aliphatic hydroxyl groups is 2. The molecule has 0 aromatic heterocycles. The number of aliphatic carboxylic acids is 1. The number of hydrogen-bond donors (Lipinski definition) is 3. The van der Waals surface area contributed by atoms with Crippen molar-refractivity contribution < 1.29 is 59.2 Å². The molecule has 0 radical (unpaired) electrons. The first-order chi connectivity index (χ1) is 17.2. The number of allylic oxidation sites excluding steroid dienone is 2. The molecule has 4 fully saturated rings. The Hall–Kier alpha value is -0.660. The summed E-state index contributed by atoms with van der Waals surface area (Å²) in [6, 6.07) is 0. The van der Waals surface area contributed by atoms with Crippen molar-refractivity contribution in [1.29, 1.82) is 0 Å². The second-order valence-electron chi connectivity index (χ2n) is 13.6. The minimum atomic E-state index is -0.953. The minimum absolute atomic E-state index is 0. The van der Waals surface area contributed by atoms with Crippen LogP contribution in [-0.4, -0.2) is 45.6 Å². The van der Waals surface area contributed by atoms with Crippen molar-refractivity contribution in [2.24, 2.45) is 39.9 Å². The van der Waals surface area contributed by atoms with E-state index in [4.69, 9.17) is 4.74 Å². The number of fused-ring (bicyclic) bond motifs is 5. The van der Waals surface area contributed by atoms with Crippen molar-refractivity contribution in [3.05, 3.63) is 22.8 Å². The van der Waals surface area contributed by atoms with E-state index in [9.17, 15) is 24.9 Å². The third-order valence-corrected chi connectivity index (χ3v) is 11.6. The van der Waals surface area contributed by atoms with Crippen LogP contribution in [0.4, 0.5) is 0 Å². The molecule has 10 atom stereocenters. The van der Waals surface area contributed by atoms with Crippen LogP contribution in [0, 0.1) is 39.9 Å². The van der Waals surface area contributed by atoms with Crippen molar-refractivity contribution in [2.75, 3.05) is 0 Å². The van der Waals surface area contributed by atoms with Gasteiger partial charge in [0, 0.05) is 12.5 Å². The Kier molecular flexibility index (Phi) is 9.49. The van der Waals surface area contributed by atoms with Gasteiger partial charge in [-0.05, 0) is 111 Å². The maximum Gasteiger partial charge on any atom is 1.00 e. The molecule has 38 heavy (non-hydrogen) atoms. The van der Waals surface area contributed by atoms with Gasteiger partial charge in [-0.2, -0.15) is 0 Å². The van der Waals surface area contributed by atoms with E-state index in [1.165, 1.54) is 6.92 Å². The van der Waals surface area contributed by atoms with Gasteiger partial charge < -0.3 is 20.1 Å². The summed E-state index contributed by atoms with van der Waals surface area (Å²) in [5.74, 6) is -0.909. The zero-order valence-electron chi connectivity index (χ0n) is 24.8. The van der Waals surface area contributed by atoms with E-state index in [1.54, 1.807) is 0 Å². The molecule has 4 aliphatic carbocycles. The van der Waals surface area contributed by atoms with Crippen LogP contribution in [0.1, 0.15) is 99.8 Å². The summed E-state index contributed by atoms with van der Waals surface area (Å²) in [5, 5.41) is 32.9. The van der Waals surface area contributed by atoms with E-state index in [0.717, 1.165) is 36.8 Å². The van der Waals surface area contributed by atoms with E-state index in [1.807, 2.05) is 19.9 Å². The average Bonchev–Trinajstić information content (AvgIpc) is 3.05. The molecule has 4 saturated carbocycles. The van der Waals surface area contributed by atoms with Crippen molar-refractivity contribution in [3.8, 4) is 0 Å². The van der Waals surface area contributed by atoms with Gasteiger partial charge in [-0.25, -0.2) is 4.79 Å². The Bertz CT molecular complexity index is 1000. The van der Waals surface area contributed by atoms with Crippen LogP contribution in [0.25, 0.3) is 0 Å². The molecule has 6 nitrogen and oxygen atoms in total. The predicted octanol–water partition coefficient (Wildman–Crippen LogP) is 2.67. The Morgan fingerprint density at radius 1 is 1.03 bits per heavy atom. The first-order valence-corrected chi connectivity index (χ1v) is 14.3. The van der Waals surface area contributed by atoms with Crippen LogP contribution in [0.2, 0.25) is 0 Å². The zero-order valence-corrected chi connectivity index (χ0v) is 26.8. The van der Waals surface area contributed by atoms with Crippen LogP contribution >= 0.6 is 0 Å².